The summed E-state index contributed by atoms with van der Waals surface area (Å²) in [7, 11) is 0. The van der Waals surface area contributed by atoms with Gasteiger partial charge in [-0.05, 0) is 49.4 Å². The fraction of sp³-hybridized carbons (Fsp3) is 0.323. The molecule has 39 heavy (non-hydrogen) atoms. The van der Waals surface area contributed by atoms with Gasteiger partial charge < -0.3 is 19.7 Å². The predicted molar refractivity (Wildman–Crippen MR) is 153 cm³/mol. The smallest absolute Gasteiger partial charge is 0.410 e. The Morgan fingerprint density at radius 1 is 1.00 bits per heavy atom. The lowest BCUT2D eigenvalue weighted by atomic mass is 10.0. The van der Waals surface area contributed by atoms with Gasteiger partial charge in [-0.2, -0.15) is 5.10 Å². The van der Waals surface area contributed by atoms with E-state index in [4.69, 9.17) is 9.47 Å². The second kappa shape index (κ2) is 13.1. The number of carbonyl (C=O) groups excluding carboxylic acids is 1. The maximum atomic E-state index is 12.9. The van der Waals surface area contributed by atoms with Crippen LogP contribution in [0.15, 0.2) is 83.7 Å². The highest BCUT2D eigenvalue weighted by atomic mass is 16.6. The molecule has 4 aromatic rings. The summed E-state index contributed by atoms with van der Waals surface area (Å²) in [6.07, 6.45) is 3.42. The minimum Gasteiger partial charge on any atom is -0.445 e. The summed E-state index contributed by atoms with van der Waals surface area (Å²) in [4.78, 5) is 26.8. The van der Waals surface area contributed by atoms with Crippen molar-refractivity contribution in [2.24, 2.45) is 0 Å². The molecule has 8 heteroatoms. The zero-order chi connectivity index (χ0) is 26.9. The molecule has 8 nitrogen and oxygen atoms in total. The first-order chi connectivity index (χ1) is 19.2. The second-order valence-corrected chi connectivity index (χ2v) is 9.77. The molecular formula is C31H34N4O4. The Kier molecular flexibility index (Phi) is 8.86. The Labute approximate surface area is 228 Å². The number of nitrogens with one attached hydrogen (secondary N) is 2. The highest BCUT2D eigenvalue weighted by Crippen LogP contribution is 2.26. The summed E-state index contributed by atoms with van der Waals surface area (Å²) in [5, 5.41) is 11.9. The third-order valence-corrected chi connectivity index (χ3v) is 7.02. The largest absolute Gasteiger partial charge is 0.445 e. The first kappa shape index (κ1) is 26.4. The quantitative estimate of drug-likeness (QED) is 0.247. The number of rotatable bonds is 11. The van der Waals surface area contributed by atoms with Crippen LogP contribution in [0, 0.1) is 0 Å². The summed E-state index contributed by atoms with van der Waals surface area (Å²) in [6.45, 7) is 2.99. The van der Waals surface area contributed by atoms with Crippen molar-refractivity contribution in [2.75, 3.05) is 31.6 Å². The van der Waals surface area contributed by atoms with Crippen molar-refractivity contribution in [1.29, 1.82) is 0 Å². The molecule has 3 aromatic carbocycles. The van der Waals surface area contributed by atoms with Crippen LogP contribution in [0.2, 0.25) is 0 Å². The van der Waals surface area contributed by atoms with E-state index in [1.165, 1.54) is 0 Å². The molecule has 1 aliphatic heterocycles. The normalized spacial score (nSPS) is 14.8. The van der Waals surface area contributed by atoms with E-state index in [0.29, 0.717) is 25.1 Å². The molecular weight excluding hydrogens is 492 g/mol. The molecule has 1 aliphatic rings. The highest BCUT2D eigenvalue weighted by Gasteiger charge is 2.28. The van der Waals surface area contributed by atoms with E-state index in [1.54, 1.807) is 0 Å². The lowest BCUT2D eigenvalue weighted by molar-refractivity contribution is 0.0744. The molecule has 2 heterocycles. The van der Waals surface area contributed by atoms with E-state index < -0.39 is 0 Å². The Bertz CT molecular complexity index is 1430. The first-order valence-corrected chi connectivity index (χ1v) is 13.6. The third-order valence-electron chi connectivity index (χ3n) is 7.02. The van der Waals surface area contributed by atoms with Gasteiger partial charge >= 0.3 is 6.09 Å². The van der Waals surface area contributed by atoms with Gasteiger partial charge in [-0.15, -0.1) is 0 Å². The van der Waals surface area contributed by atoms with Crippen LogP contribution in [-0.4, -0.2) is 53.5 Å². The minimum atomic E-state index is -0.271. The molecule has 0 radical (unpaired) electrons. The van der Waals surface area contributed by atoms with Gasteiger partial charge in [0.2, 0.25) is 0 Å². The number of aromatic nitrogens is 2. The maximum Gasteiger partial charge on any atom is 0.410 e. The number of unbranched alkanes of at least 4 members (excludes halogenated alkanes) is 2. The Balaban J connectivity index is 1.11. The number of hydrogen-bond acceptors (Lipinski definition) is 6. The first-order valence-electron chi connectivity index (χ1n) is 13.6. The summed E-state index contributed by atoms with van der Waals surface area (Å²) in [6, 6.07) is 25.4. The zero-order valence-electron chi connectivity index (χ0n) is 22.0. The van der Waals surface area contributed by atoms with Crippen molar-refractivity contribution in [1.82, 2.24) is 15.1 Å². The molecule has 0 saturated carbocycles. The SMILES string of the molecule is O=C(OCc1ccccc1)N(CCCCCNc1cccc(-c2n[nH]c(=O)c3ccccc23)c1)C1CCOC1. The fourth-order valence-electron chi connectivity index (χ4n) is 4.92. The second-order valence-electron chi connectivity index (χ2n) is 9.77. The van der Waals surface area contributed by atoms with Gasteiger partial charge in [-0.25, -0.2) is 9.89 Å². The van der Waals surface area contributed by atoms with E-state index in [1.807, 2.05) is 77.7 Å². The number of aromatic amines is 1. The number of nitrogens with zero attached hydrogens (tertiary/aromatic N) is 2. The van der Waals surface area contributed by atoms with Crippen molar-refractivity contribution in [3.8, 4) is 11.3 Å². The van der Waals surface area contributed by atoms with Gasteiger partial charge in [0.25, 0.3) is 5.56 Å². The lowest BCUT2D eigenvalue weighted by Crippen LogP contribution is -2.41. The number of ether oxygens (including phenoxy) is 2. The number of hydrogen-bond donors (Lipinski definition) is 2. The van der Waals surface area contributed by atoms with Crippen LogP contribution in [0.4, 0.5) is 10.5 Å². The van der Waals surface area contributed by atoms with Gasteiger partial charge in [0.1, 0.15) is 6.61 Å². The van der Waals surface area contributed by atoms with Gasteiger partial charge in [-0.3, -0.25) is 4.79 Å². The van der Waals surface area contributed by atoms with Crippen LogP contribution in [0.1, 0.15) is 31.2 Å². The van der Waals surface area contributed by atoms with E-state index in [0.717, 1.165) is 60.1 Å². The van der Waals surface area contributed by atoms with E-state index in [-0.39, 0.29) is 24.3 Å². The summed E-state index contributed by atoms with van der Waals surface area (Å²) >= 11 is 0. The van der Waals surface area contributed by atoms with Crippen LogP contribution in [0.5, 0.6) is 0 Å². The van der Waals surface area contributed by atoms with E-state index in [9.17, 15) is 9.59 Å². The molecule has 1 atom stereocenters. The van der Waals surface area contributed by atoms with Crippen LogP contribution in [0.25, 0.3) is 22.0 Å². The minimum absolute atomic E-state index is 0.0757. The van der Waals surface area contributed by atoms with Crippen molar-refractivity contribution >= 4 is 22.6 Å². The Morgan fingerprint density at radius 3 is 2.64 bits per heavy atom. The van der Waals surface area contributed by atoms with Crippen LogP contribution in [-0.2, 0) is 16.1 Å². The van der Waals surface area contributed by atoms with Crippen molar-refractivity contribution in [2.45, 2.75) is 38.3 Å². The molecule has 0 spiro atoms. The van der Waals surface area contributed by atoms with E-state index >= 15 is 0 Å². The van der Waals surface area contributed by atoms with Crippen molar-refractivity contribution in [3.63, 3.8) is 0 Å². The number of H-pyrrole nitrogens is 1. The Morgan fingerprint density at radius 2 is 1.82 bits per heavy atom. The molecule has 1 amide bonds. The molecule has 2 N–H and O–H groups in total. The maximum absolute atomic E-state index is 12.9. The van der Waals surface area contributed by atoms with Gasteiger partial charge in [0.15, 0.2) is 0 Å². The third kappa shape index (κ3) is 6.83. The van der Waals surface area contributed by atoms with Crippen LogP contribution in [0.3, 0.4) is 0 Å². The number of amides is 1. The van der Waals surface area contributed by atoms with Crippen LogP contribution < -0.4 is 10.9 Å². The number of fused-ring (bicyclic) bond motifs is 1. The van der Waals surface area contributed by atoms with E-state index in [2.05, 4.69) is 21.6 Å². The average Bonchev–Trinajstić information content (AvgIpc) is 3.51. The van der Waals surface area contributed by atoms with Gasteiger partial charge in [-0.1, -0.05) is 60.7 Å². The molecule has 0 aliphatic carbocycles. The number of benzene rings is 3. The summed E-state index contributed by atoms with van der Waals surface area (Å²) < 4.78 is 11.1. The number of anilines is 1. The zero-order valence-corrected chi connectivity index (χ0v) is 22.0. The molecule has 1 unspecified atom stereocenters. The molecule has 0 bridgehead atoms. The molecule has 1 saturated heterocycles. The monoisotopic (exact) mass is 526 g/mol. The lowest BCUT2D eigenvalue weighted by Gasteiger charge is -2.27. The average molecular weight is 527 g/mol. The molecule has 202 valence electrons. The van der Waals surface area contributed by atoms with Crippen molar-refractivity contribution < 1.29 is 14.3 Å². The molecule has 1 aromatic heterocycles. The molecule has 1 fully saturated rings. The van der Waals surface area contributed by atoms with Gasteiger partial charge in [0, 0.05) is 36.3 Å². The number of carbonyl (C=O) groups is 1. The summed E-state index contributed by atoms with van der Waals surface area (Å²) in [5.74, 6) is 0. The fourth-order valence-corrected chi connectivity index (χ4v) is 4.92. The predicted octanol–water partition coefficient (Wildman–Crippen LogP) is 5.60. The molecule has 5 rings (SSSR count). The Hall–Kier alpha value is -4.17. The summed E-state index contributed by atoms with van der Waals surface area (Å²) in [5.41, 5.74) is 3.49. The van der Waals surface area contributed by atoms with Crippen molar-refractivity contribution in [3.05, 3.63) is 94.8 Å². The topological polar surface area (TPSA) is 96.5 Å². The standard InChI is InChI=1S/C31H34N4O4/c36-30-28-15-6-5-14-27(28)29(33-34-30)24-12-9-13-25(20-24)32-17-7-2-8-18-35(26-16-19-38-22-26)31(37)39-21-23-10-3-1-4-11-23/h1,3-6,9-15,20,26,32H,2,7-8,16-19,21-22H2,(H,34,36). The van der Waals surface area contributed by atoms with Gasteiger partial charge in [0.05, 0.1) is 23.7 Å². The highest BCUT2D eigenvalue weighted by molar-refractivity contribution is 5.94. The van der Waals surface area contributed by atoms with Crippen LogP contribution >= 0.6 is 0 Å².